The van der Waals surface area contributed by atoms with Gasteiger partial charge in [0.2, 0.25) is 0 Å². The van der Waals surface area contributed by atoms with Crippen molar-refractivity contribution in [2.75, 3.05) is 19.6 Å². The van der Waals surface area contributed by atoms with Crippen LogP contribution < -0.4 is 0 Å². The maximum Gasteiger partial charge on any atom is 0.116 e. The van der Waals surface area contributed by atoms with Gasteiger partial charge in [-0.2, -0.15) is 0 Å². The van der Waals surface area contributed by atoms with E-state index < -0.39 is 5.60 Å². The molecule has 0 aliphatic heterocycles. The lowest BCUT2D eigenvalue weighted by atomic mass is 9.83. The predicted octanol–water partition coefficient (Wildman–Crippen LogP) is 5.81. The van der Waals surface area contributed by atoms with Gasteiger partial charge in [-0.15, -0.1) is 0 Å². The molecule has 0 spiro atoms. The molecule has 0 fully saturated rings. The first-order valence-electron chi connectivity index (χ1n) is 9.99. The van der Waals surface area contributed by atoms with Gasteiger partial charge in [-0.05, 0) is 54.9 Å². The topological polar surface area (TPSA) is 23.5 Å². The molecule has 1 atom stereocenters. The van der Waals surface area contributed by atoms with Crippen LogP contribution in [0.5, 0.6) is 0 Å². The van der Waals surface area contributed by atoms with E-state index in [9.17, 15) is 5.11 Å². The maximum absolute atomic E-state index is 11.7. The van der Waals surface area contributed by atoms with Gasteiger partial charge >= 0.3 is 0 Å². The summed E-state index contributed by atoms with van der Waals surface area (Å²) in [6.07, 6.45) is 0.671. The highest BCUT2D eigenvalue weighted by molar-refractivity contribution is 7.99. The van der Waals surface area contributed by atoms with Crippen molar-refractivity contribution < 1.29 is 5.11 Å². The van der Waals surface area contributed by atoms with Crippen LogP contribution >= 0.6 is 11.8 Å². The molecule has 0 heterocycles. The lowest BCUT2D eigenvalue weighted by Crippen LogP contribution is -2.34. The largest absolute Gasteiger partial charge is 0.380 e. The monoisotopic (exact) mass is 391 g/mol. The van der Waals surface area contributed by atoms with E-state index in [-0.39, 0.29) is 0 Å². The summed E-state index contributed by atoms with van der Waals surface area (Å²) in [6, 6.07) is 28.8. The van der Waals surface area contributed by atoms with Crippen LogP contribution in [0.25, 0.3) is 0 Å². The molecule has 0 radical (unpaired) electrons. The summed E-state index contributed by atoms with van der Waals surface area (Å²) >= 11 is 1.74. The summed E-state index contributed by atoms with van der Waals surface area (Å²) in [4.78, 5) is 4.75. The highest BCUT2D eigenvalue weighted by Crippen LogP contribution is 2.35. The minimum Gasteiger partial charge on any atom is -0.380 e. The summed E-state index contributed by atoms with van der Waals surface area (Å²) in [6.45, 7) is 7.18. The molecule has 3 rings (SSSR count). The predicted molar refractivity (Wildman–Crippen MR) is 119 cm³/mol. The molecule has 28 heavy (non-hydrogen) atoms. The zero-order chi connectivity index (χ0) is 19.8. The van der Waals surface area contributed by atoms with Crippen LogP contribution in [0.4, 0.5) is 0 Å². The van der Waals surface area contributed by atoms with Gasteiger partial charge < -0.3 is 10.0 Å². The fraction of sp³-hybridized carbons (Fsp3) is 0.280. The summed E-state index contributed by atoms with van der Waals surface area (Å²) in [7, 11) is 0. The molecule has 0 saturated heterocycles. The minimum atomic E-state index is -0.986. The first-order valence-corrected chi connectivity index (χ1v) is 10.8. The fourth-order valence-corrected chi connectivity index (χ4v) is 4.29. The number of hydrogen-bond donors (Lipinski definition) is 1. The molecule has 1 N–H and O–H groups in total. The molecule has 0 bridgehead atoms. The molecular weight excluding hydrogens is 362 g/mol. The molecule has 0 aliphatic rings. The Morgan fingerprint density at radius 3 is 1.79 bits per heavy atom. The summed E-state index contributed by atoms with van der Waals surface area (Å²) in [5.74, 6) is 0. The number of aliphatic hydroxyl groups is 1. The van der Waals surface area contributed by atoms with Crippen molar-refractivity contribution >= 4 is 11.8 Å². The van der Waals surface area contributed by atoms with E-state index in [4.69, 9.17) is 0 Å². The summed E-state index contributed by atoms with van der Waals surface area (Å²) in [5.41, 5.74) is 0.911. The first-order chi connectivity index (χ1) is 13.7. The molecule has 3 aromatic carbocycles. The second-order valence-electron chi connectivity index (χ2n) is 6.94. The van der Waals surface area contributed by atoms with Crippen LogP contribution in [-0.2, 0) is 5.60 Å². The molecular formula is C25H29NOS. The lowest BCUT2D eigenvalue weighted by molar-refractivity contribution is 0.0586. The second-order valence-corrected chi connectivity index (χ2v) is 8.09. The average Bonchev–Trinajstić information content (AvgIpc) is 2.76. The Morgan fingerprint density at radius 1 is 0.714 bits per heavy atom. The van der Waals surface area contributed by atoms with Crippen molar-refractivity contribution in [2.24, 2.45) is 0 Å². The normalized spacial score (nSPS) is 13.4. The minimum absolute atomic E-state index is 0.671. The van der Waals surface area contributed by atoms with E-state index in [1.165, 1.54) is 9.79 Å². The number of benzene rings is 3. The Labute approximate surface area is 173 Å². The Hall–Kier alpha value is -2.07. The molecule has 3 aromatic rings. The highest BCUT2D eigenvalue weighted by atomic mass is 32.2. The molecule has 0 aromatic heterocycles. The molecule has 3 heteroatoms. The fourth-order valence-electron chi connectivity index (χ4n) is 3.45. The van der Waals surface area contributed by atoms with Crippen LogP contribution in [0.15, 0.2) is 94.7 Å². The van der Waals surface area contributed by atoms with E-state index in [0.29, 0.717) is 6.42 Å². The van der Waals surface area contributed by atoms with E-state index in [2.05, 4.69) is 67.3 Å². The molecule has 2 nitrogen and oxygen atoms in total. The van der Waals surface area contributed by atoms with Crippen LogP contribution in [0, 0.1) is 0 Å². The van der Waals surface area contributed by atoms with Gasteiger partial charge in [-0.1, -0.05) is 86.3 Å². The van der Waals surface area contributed by atoms with Gasteiger partial charge in [0.05, 0.1) is 0 Å². The van der Waals surface area contributed by atoms with E-state index in [1.807, 2.05) is 36.4 Å². The summed E-state index contributed by atoms with van der Waals surface area (Å²) < 4.78 is 0. The maximum atomic E-state index is 11.7. The first kappa shape index (κ1) is 20.7. The van der Waals surface area contributed by atoms with Crippen molar-refractivity contribution in [1.29, 1.82) is 0 Å². The van der Waals surface area contributed by atoms with Crippen molar-refractivity contribution in [2.45, 2.75) is 35.7 Å². The van der Waals surface area contributed by atoms with Gasteiger partial charge in [0.15, 0.2) is 0 Å². The molecule has 0 aliphatic carbocycles. The average molecular weight is 392 g/mol. The Morgan fingerprint density at radius 2 is 1.21 bits per heavy atom. The zero-order valence-electron chi connectivity index (χ0n) is 16.7. The Balaban J connectivity index is 1.85. The van der Waals surface area contributed by atoms with Crippen molar-refractivity contribution in [3.05, 3.63) is 96.1 Å². The van der Waals surface area contributed by atoms with Crippen LogP contribution in [0.3, 0.4) is 0 Å². The number of hydrogen-bond acceptors (Lipinski definition) is 3. The third-order valence-electron chi connectivity index (χ3n) is 5.25. The van der Waals surface area contributed by atoms with Gasteiger partial charge in [-0.3, -0.25) is 0 Å². The lowest BCUT2D eigenvalue weighted by Gasteiger charge is -2.32. The SMILES string of the molecule is CCN(CC)CCC(O)(c1ccccc1)c1ccc(Sc2ccccc2)cc1. The van der Waals surface area contributed by atoms with Gasteiger partial charge in [0.25, 0.3) is 0 Å². The van der Waals surface area contributed by atoms with Gasteiger partial charge in [0, 0.05) is 16.3 Å². The van der Waals surface area contributed by atoms with Gasteiger partial charge in [0.1, 0.15) is 5.60 Å². The zero-order valence-corrected chi connectivity index (χ0v) is 17.5. The van der Waals surface area contributed by atoms with Crippen LogP contribution in [0.1, 0.15) is 31.4 Å². The summed E-state index contributed by atoms with van der Waals surface area (Å²) in [5, 5.41) is 11.7. The quantitative estimate of drug-likeness (QED) is 0.498. The smallest absolute Gasteiger partial charge is 0.116 e. The molecule has 0 amide bonds. The Bertz CT molecular complexity index is 831. The van der Waals surface area contributed by atoms with E-state index in [0.717, 1.165) is 30.8 Å². The van der Waals surface area contributed by atoms with Crippen molar-refractivity contribution in [3.8, 4) is 0 Å². The van der Waals surface area contributed by atoms with Crippen LogP contribution in [0.2, 0.25) is 0 Å². The number of rotatable bonds is 9. The molecule has 0 saturated carbocycles. The third kappa shape index (κ3) is 5.05. The third-order valence-corrected chi connectivity index (χ3v) is 6.26. The standard InChI is InChI=1S/C25H29NOS/c1-3-26(4-2)20-19-25(27,21-11-7-5-8-12-21)22-15-17-24(18-16-22)28-23-13-9-6-10-14-23/h5-18,27H,3-4,19-20H2,1-2H3. The number of nitrogens with zero attached hydrogens (tertiary/aromatic N) is 1. The van der Waals surface area contributed by atoms with E-state index >= 15 is 0 Å². The second kappa shape index (κ2) is 9.92. The molecule has 1 unspecified atom stereocenters. The van der Waals surface area contributed by atoms with E-state index in [1.54, 1.807) is 11.8 Å². The van der Waals surface area contributed by atoms with Crippen molar-refractivity contribution in [3.63, 3.8) is 0 Å². The van der Waals surface area contributed by atoms with Crippen LogP contribution in [-0.4, -0.2) is 29.6 Å². The van der Waals surface area contributed by atoms with Gasteiger partial charge in [-0.25, -0.2) is 0 Å². The molecule has 146 valence electrons. The van der Waals surface area contributed by atoms with Crippen molar-refractivity contribution in [1.82, 2.24) is 4.90 Å². The highest BCUT2D eigenvalue weighted by Gasteiger charge is 2.31. The Kier molecular flexibility index (Phi) is 7.32.